The van der Waals surface area contributed by atoms with Gasteiger partial charge in [-0.05, 0) is 51.2 Å². The van der Waals surface area contributed by atoms with Gasteiger partial charge < -0.3 is 10.6 Å². The summed E-state index contributed by atoms with van der Waals surface area (Å²) in [7, 11) is 0. The van der Waals surface area contributed by atoms with Crippen molar-refractivity contribution in [1.29, 1.82) is 0 Å². The Labute approximate surface area is 122 Å². The van der Waals surface area contributed by atoms with E-state index in [2.05, 4.69) is 62.6 Å². The second-order valence-corrected chi connectivity index (χ2v) is 6.77. The molecule has 2 N–H and O–H groups in total. The predicted molar refractivity (Wildman–Crippen MR) is 82.8 cm³/mol. The van der Waals surface area contributed by atoms with E-state index < -0.39 is 0 Å². The van der Waals surface area contributed by atoms with Crippen LogP contribution >= 0.6 is 0 Å². The number of aryl methyl sites for hydroxylation is 1. The van der Waals surface area contributed by atoms with Crippen molar-refractivity contribution in [1.82, 2.24) is 10.6 Å². The molecule has 0 aromatic heterocycles. The summed E-state index contributed by atoms with van der Waals surface area (Å²) in [6.45, 7) is 10.0. The SMILES string of the molecule is Cc1ccccc1[C@@H]1C[C@@H]1C(=O)NCCNC(C)(C)C. The molecule has 3 nitrogen and oxygen atoms in total. The predicted octanol–water partition coefficient (Wildman–Crippen LogP) is 2.60. The van der Waals surface area contributed by atoms with Crippen molar-refractivity contribution >= 4 is 5.91 Å². The molecule has 2 rings (SSSR count). The summed E-state index contributed by atoms with van der Waals surface area (Å²) in [6, 6.07) is 8.38. The van der Waals surface area contributed by atoms with Crippen LogP contribution in [-0.2, 0) is 4.79 Å². The first-order valence-corrected chi connectivity index (χ1v) is 7.47. The van der Waals surface area contributed by atoms with Gasteiger partial charge >= 0.3 is 0 Å². The van der Waals surface area contributed by atoms with Gasteiger partial charge in [0, 0.05) is 24.5 Å². The second-order valence-electron chi connectivity index (χ2n) is 6.77. The maximum Gasteiger partial charge on any atom is 0.223 e. The van der Waals surface area contributed by atoms with Crippen molar-refractivity contribution in [2.45, 2.75) is 45.6 Å². The molecule has 0 bridgehead atoms. The zero-order valence-corrected chi connectivity index (χ0v) is 13.0. The monoisotopic (exact) mass is 274 g/mol. The molecule has 1 aliphatic rings. The molecule has 20 heavy (non-hydrogen) atoms. The highest BCUT2D eigenvalue weighted by atomic mass is 16.2. The minimum atomic E-state index is 0.105. The van der Waals surface area contributed by atoms with Crippen LogP contribution in [0.1, 0.15) is 44.2 Å². The number of benzene rings is 1. The number of carbonyl (C=O) groups excluding carboxylic acids is 1. The fraction of sp³-hybridized carbons (Fsp3) is 0.588. The maximum absolute atomic E-state index is 12.1. The Morgan fingerprint density at radius 1 is 1.25 bits per heavy atom. The number of hydrogen-bond donors (Lipinski definition) is 2. The molecule has 110 valence electrons. The zero-order chi connectivity index (χ0) is 14.8. The van der Waals surface area contributed by atoms with E-state index in [1.54, 1.807) is 0 Å². The molecular weight excluding hydrogens is 248 g/mol. The molecule has 1 saturated carbocycles. The fourth-order valence-electron chi connectivity index (χ4n) is 2.59. The third-order valence-corrected chi connectivity index (χ3v) is 3.79. The third-order valence-electron chi connectivity index (χ3n) is 3.79. The average Bonchev–Trinajstić information content (AvgIpc) is 3.14. The van der Waals surface area contributed by atoms with Crippen LogP contribution in [0.25, 0.3) is 0 Å². The molecule has 3 heteroatoms. The van der Waals surface area contributed by atoms with E-state index in [-0.39, 0.29) is 17.4 Å². The van der Waals surface area contributed by atoms with Crippen molar-refractivity contribution in [2.75, 3.05) is 13.1 Å². The van der Waals surface area contributed by atoms with Crippen LogP contribution in [0.2, 0.25) is 0 Å². The lowest BCUT2D eigenvalue weighted by Gasteiger charge is -2.20. The first-order chi connectivity index (χ1) is 9.38. The molecule has 0 unspecified atom stereocenters. The molecule has 0 heterocycles. The Bertz CT molecular complexity index is 476. The van der Waals surface area contributed by atoms with Gasteiger partial charge in [-0.2, -0.15) is 0 Å². The standard InChI is InChI=1S/C17H26N2O/c1-12-7-5-6-8-13(12)14-11-15(14)16(20)18-9-10-19-17(2,3)4/h5-8,14-15,19H,9-11H2,1-4H3,(H,18,20)/t14-,15-/m0/s1. The Kier molecular flexibility index (Phi) is 4.48. The molecule has 1 amide bonds. The molecule has 0 aliphatic heterocycles. The Morgan fingerprint density at radius 3 is 2.60 bits per heavy atom. The van der Waals surface area contributed by atoms with Crippen LogP contribution in [0.3, 0.4) is 0 Å². The smallest absolute Gasteiger partial charge is 0.223 e. The quantitative estimate of drug-likeness (QED) is 0.810. The van der Waals surface area contributed by atoms with Crippen molar-refractivity contribution in [3.8, 4) is 0 Å². The minimum absolute atomic E-state index is 0.105. The summed E-state index contributed by atoms with van der Waals surface area (Å²) < 4.78 is 0. The largest absolute Gasteiger partial charge is 0.355 e. The van der Waals surface area contributed by atoms with Crippen LogP contribution < -0.4 is 10.6 Å². The summed E-state index contributed by atoms with van der Waals surface area (Å²) in [5, 5.41) is 6.41. The van der Waals surface area contributed by atoms with E-state index >= 15 is 0 Å². The van der Waals surface area contributed by atoms with Gasteiger partial charge in [0.25, 0.3) is 0 Å². The molecule has 0 spiro atoms. The summed E-state index contributed by atoms with van der Waals surface area (Å²) in [5.74, 6) is 0.798. The molecular formula is C17H26N2O. The van der Waals surface area contributed by atoms with Crippen LogP contribution in [0, 0.1) is 12.8 Å². The van der Waals surface area contributed by atoms with Gasteiger partial charge in [-0.15, -0.1) is 0 Å². The van der Waals surface area contributed by atoms with Gasteiger partial charge in [0.1, 0.15) is 0 Å². The molecule has 1 aromatic carbocycles. The highest BCUT2D eigenvalue weighted by Crippen LogP contribution is 2.48. The highest BCUT2D eigenvalue weighted by molar-refractivity contribution is 5.83. The van der Waals surface area contributed by atoms with E-state index in [1.807, 2.05) is 0 Å². The fourth-order valence-corrected chi connectivity index (χ4v) is 2.59. The highest BCUT2D eigenvalue weighted by Gasteiger charge is 2.44. The van der Waals surface area contributed by atoms with Gasteiger partial charge in [0.15, 0.2) is 0 Å². The summed E-state index contributed by atoms with van der Waals surface area (Å²) in [6.07, 6.45) is 0.989. The molecule has 1 fully saturated rings. The van der Waals surface area contributed by atoms with E-state index in [9.17, 15) is 4.79 Å². The van der Waals surface area contributed by atoms with Crippen molar-refractivity contribution in [3.63, 3.8) is 0 Å². The van der Waals surface area contributed by atoms with Crippen LogP contribution in [0.5, 0.6) is 0 Å². The van der Waals surface area contributed by atoms with E-state index in [4.69, 9.17) is 0 Å². The van der Waals surface area contributed by atoms with Crippen LogP contribution in [0.15, 0.2) is 24.3 Å². The lowest BCUT2D eigenvalue weighted by atomic mass is 10.0. The van der Waals surface area contributed by atoms with Gasteiger partial charge in [-0.1, -0.05) is 24.3 Å². The zero-order valence-electron chi connectivity index (χ0n) is 13.0. The molecule has 1 aliphatic carbocycles. The first kappa shape index (κ1) is 15.0. The van der Waals surface area contributed by atoms with Crippen LogP contribution in [0.4, 0.5) is 0 Å². The number of carbonyl (C=O) groups is 1. The summed E-state index contributed by atoms with van der Waals surface area (Å²) in [4.78, 5) is 12.1. The summed E-state index contributed by atoms with van der Waals surface area (Å²) in [5.41, 5.74) is 2.73. The normalized spacial score (nSPS) is 21.6. The molecule has 0 saturated heterocycles. The lowest BCUT2D eigenvalue weighted by molar-refractivity contribution is -0.122. The first-order valence-electron chi connectivity index (χ1n) is 7.47. The molecule has 1 aromatic rings. The van der Waals surface area contributed by atoms with Gasteiger partial charge in [0.2, 0.25) is 5.91 Å². The third kappa shape index (κ3) is 4.07. The number of rotatable bonds is 5. The van der Waals surface area contributed by atoms with Crippen molar-refractivity contribution < 1.29 is 4.79 Å². The number of amides is 1. The van der Waals surface area contributed by atoms with Crippen molar-refractivity contribution in [2.24, 2.45) is 5.92 Å². The Hall–Kier alpha value is -1.35. The topological polar surface area (TPSA) is 41.1 Å². The van der Waals surface area contributed by atoms with Gasteiger partial charge in [0.05, 0.1) is 0 Å². The molecule has 2 atom stereocenters. The van der Waals surface area contributed by atoms with E-state index in [1.165, 1.54) is 11.1 Å². The maximum atomic E-state index is 12.1. The Morgan fingerprint density at radius 2 is 1.95 bits per heavy atom. The lowest BCUT2D eigenvalue weighted by Crippen LogP contribution is -2.41. The number of hydrogen-bond acceptors (Lipinski definition) is 2. The second kappa shape index (κ2) is 5.96. The summed E-state index contributed by atoms with van der Waals surface area (Å²) >= 11 is 0. The Balaban J connectivity index is 1.75. The van der Waals surface area contributed by atoms with Gasteiger partial charge in [-0.25, -0.2) is 0 Å². The number of nitrogens with one attached hydrogen (secondary N) is 2. The average molecular weight is 274 g/mol. The van der Waals surface area contributed by atoms with Crippen molar-refractivity contribution in [3.05, 3.63) is 35.4 Å². The van der Waals surface area contributed by atoms with E-state index in [0.29, 0.717) is 12.5 Å². The van der Waals surface area contributed by atoms with Gasteiger partial charge in [-0.3, -0.25) is 4.79 Å². The van der Waals surface area contributed by atoms with Crippen LogP contribution in [-0.4, -0.2) is 24.5 Å². The van der Waals surface area contributed by atoms with E-state index in [0.717, 1.165) is 13.0 Å². The molecule has 0 radical (unpaired) electrons. The minimum Gasteiger partial charge on any atom is -0.355 e.